The molecule has 558 valence electrons. The van der Waals surface area contributed by atoms with Gasteiger partial charge in [0, 0.05) is 80.6 Å². The van der Waals surface area contributed by atoms with Crippen molar-refractivity contribution in [1.29, 1.82) is 0 Å². The van der Waals surface area contributed by atoms with Crippen LogP contribution in [0.5, 0.6) is 0 Å². The molecule has 1 heterocycles. The molecule has 0 aliphatic carbocycles. The molecule has 1 fully saturated rings. The van der Waals surface area contributed by atoms with Gasteiger partial charge in [-0.3, -0.25) is 52.7 Å². The van der Waals surface area contributed by atoms with Crippen molar-refractivity contribution in [2.24, 2.45) is 41.4 Å². The molecule has 27 heteroatoms. The van der Waals surface area contributed by atoms with Crippen molar-refractivity contribution in [2.75, 3.05) is 74.1 Å². The van der Waals surface area contributed by atoms with E-state index in [1.807, 2.05) is 41.5 Å². The topological polar surface area (TPSA) is 339 Å². The third-order valence-corrected chi connectivity index (χ3v) is 19.5. The molecule has 0 unspecified atom stereocenters. The molecule has 0 radical (unpaired) electrons. The lowest BCUT2D eigenvalue weighted by Gasteiger charge is -2.41. The molecule has 0 spiro atoms. The van der Waals surface area contributed by atoms with E-state index in [0.29, 0.717) is 25.0 Å². The van der Waals surface area contributed by atoms with Gasteiger partial charge in [0.15, 0.2) is 0 Å². The Kier molecular flexibility index (Phi) is 38.2. The van der Waals surface area contributed by atoms with Gasteiger partial charge in [0.25, 0.3) is 0 Å². The number of rotatable bonds is 24. The minimum Gasteiger partial charge on any atom is -0.396 e. The second-order valence-corrected chi connectivity index (χ2v) is 30.6. The summed E-state index contributed by atoms with van der Waals surface area (Å²) >= 11 is 1.28. The molecule has 97 heavy (non-hydrogen) atoms. The highest BCUT2D eigenvalue weighted by Crippen LogP contribution is 2.27. The van der Waals surface area contributed by atoms with Gasteiger partial charge < -0.3 is 76.0 Å². The zero-order chi connectivity index (χ0) is 75.0. The predicted molar refractivity (Wildman–Crippen MR) is 378 cm³/mol. The van der Waals surface area contributed by atoms with E-state index in [-0.39, 0.29) is 75.2 Å². The van der Waals surface area contributed by atoms with E-state index in [9.17, 15) is 39.6 Å². The van der Waals surface area contributed by atoms with Gasteiger partial charge in [0.2, 0.25) is 65.0 Å². The fourth-order valence-electron chi connectivity index (χ4n) is 12.0. The first-order chi connectivity index (χ1) is 44.9. The summed E-state index contributed by atoms with van der Waals surface area (Å²) < 4.78 is 0. The van der Waals surface area contributed by atoms with Gasteiger partial charge in [0.1, 0.15) is 66.5 Å². The highest BCUT2D eigenvalue weighted by atomic mass is 32.2. The van der Waals surface area contributed by atoms with Crippen LogP contribution in [0.3, 0.4) is 0 Å². The molecule has 0 aromatic rings. The van der Waals surface area contributed by atoms with Crippen molar-refractivity contribution < 1.29 is 73.2 Å². The molecular formula is C70H127N11O15S. The lowest BCUT2D eigenvalue weighted by molar-refractivity contribution is -0.157. The van der Waals surface area contributed by atoms with Crippen LogP contribution in [0.25, 0.3) is 0 Å². The van der Waals surface area contributed by atoms with Crippen LogP contribution in [-0.4, -0.2) is 272 Å². The molecule has 13 atom stereocenters. The monoisotopic (exact) mass is 1390 g/mol. The van der Waals surface area contributed by atoms with E-state index in [1.165, 1.54) is 108 Å². The van der Waals surface area contributed by atoms with Crippen LogP contribution in [0.4, 0.5) is 0 Å². The normalized spacial score (nSPS) is 26.0. The summed E-state index contributed by atoms with van der Waals surface area (Å²) in [5.74, 6) is -10.5. The third-order valence-electron chi connectivity index (χ3n) is 18.4. The largest absolute Gasteiger partial charge is 0.396 e. The molecule has 8 N–H and O–H groups in total. The first-order valence-corrected chi connectivity index (χ1v) is 36.0. The van der Waals surface area contributed by atoms with Crippen LogP contribution in [-0.2, 0) is 52.7 Å². The van der Waals surface area contributed by atoms with E-state index in [1.54, 1.807) is 60.6 Å². The zero-order valence-electron chi connectivity index (χ0n) is 63.1. The summed E-state index contributed by atoms with van der Waals surface area (Å²) in [5.41, 5.74) is -1.62. The average molecular weight is 1390 g/mol. The maximum atomic E-state index is 15.4. The summed E-state index contributed by atoms with van der Waals surface area (Å²) in [6.07, 6.45) is 3.57. The first kappa shape index (κ1) is 89.1. The van der Waals surface area contributed by atoms with E-state index in [2.05, 4.69) is 21.3 Å². The molecule has 0 aromatic carbocycles. The molecule has 0 saturated carbocycles. The molecule has 1 rings (SSSR count). The third kappa shape index (κ3) is 26.6. The number of nitrogens with one attached hydrogen (secondary N) is 4. The first-order valence-electron chi connectivity index (χ1n) is 34.8. The van der Waals surface area contributed by atoms with Crippen molar-refractivity contribution in [3.05, 3.63) is 12.2 Å². The number of hydrogen-bond acceptors (Lipinski definition) is 16. The van der Waals surface area contributed by atoms with Crippen LogP contribution in [0, 0.1) is 41.4 Å². The van der Waals surface area contributed by atoms with Crippen LogP contribution < -0.4 is 21.3 Å². The van der Waals surface area contributed by atoms with Crippen LogP contribution in [0.1, 0.15) is 175 Å². The van der Waals surface area contributed by atoms with Crippen LogP contribution in [0.2, 0.25) is 0 Å². The van der Waals surface area contributed by atoms with Gasteiger partial charge in [0.05, 0.1) is 11.7 Å². The summed E-state index contributed by atoms with van der Waals surface area (Å²) in [7, 11) is 9.74. The minimum absolute atomic E-state index is 0.0514. The second kappa shape index (κ2) is 41.6. The van der Waals surface area contributed by atoms with Gasteiger partial charge in [-0.15, -0.1) is 0 Å². The zero-order valence-corrected chi connectivity index (χ0v) is 64.0. The Morgan fingerprint density at radius 2 is 0.979 bits per heavy atom. The van der Waals surface area contributed by atoms with Gasteiger partial charge in [-0.05, 0) is 127 Å². The predicted octanol–water partition coefficient (Wildman–Crippen LogP) is 3.26. The summed E-state index contributed by atoms with van der Waals surface area (Å²) in [6.45, 7) is 28.4. The van der Waals surface area contributed by atoms with Gasteiger partial charge in [-0.1, -0.05) is 95.2 Å². The van der Waals surface area contributed by atoms with Gasteiger partial charge in [-0.25, -0.2) is 0 Å². The van der Waals surface area contributed by atoms with Crippen molar-refractivity contribution in [1.82, 2.24) is 55.6 Å². The number of allylic oxidation sites excluding steroid dienone is 2. The summed E-state index contributed by atoms with van der Waals surface area (Å²) in [4.78, 5) is 173. The number of aliphatic hydroxyl groups excluding tert-OH is 3. The number of carbonyl (C=O) groups excluding carboxylic acids is 11. The molecule has 0 bridgehead atoms. The standard InChI is InChI=1S/C70H127N11O15S/c1-25-27-29-45(13)58(84)57-62(88)73-49(26-2)64(90)79(22)54(39-97-33-28-30-48(37-82)38-83)67(93)78(21)53(36-70(16,17)96)61(87)74-55(43(9)10)68(94)75(18)50(32-31-40(3)4)60(86)71-46(14)59(85)72-47(15)63(89)76(19)51(34-41(5)6)65(91)77(20)52(35-42(7)8)66(92)80(23)56(44(11)12)69(95)81(57)24/h25,27,40-58,82-84,96H,26,28-39H2,1-24H3,(H,71,86)(H,72,85)(H,73,88)(H,74,87)/b27-25+/t45-,46-,47+,49+,50-,51-,52+,53+,54-,55-,56+,57+,58-/m1/s1. The number of carbonyl (C=O) groups is 11. The lowest BCUT2D eigenvalue weighted by atomic mass is 9.91. The fraction of sp³-hybridized carbons (Fsp3) is 0.814. The molecular weight excluding hydrogens is 1270 g/mol. The molecule has 26 nitrogen and oxygen atoms in total. The second-order valence-electron chi connectivity index (χ2n) is 29.5. The summed E-state index contributed by atoms with van der Waals surface area (Å²) in [6, 6.07) is -14.7. The SMILES string of the molecule is C/C=C/C[C@@H](C)[C@@H](O)[C@H]1C(=O)N[C@@H](CC)C(=O)N(C)[C@H](CSCCCC(CO)CO)C(=O)N(C)[C@@H](CC(C)(C)O)C(=O)N[C@H](C(C)C)C(=O)N(C)[C@H](CCC(C)C)C(=O)N[C@H](C)C(=O)N[C@@H](C)C(=O)N(C)[C@H](CC(C)C)C(=O)N(C)[C@@H](CC(C)C)C(=O)N(C)[C@@H](C(C)C)C(=O)N1C. The van der Waals surface area contributed by atoms with E-state index in [4.69, 9.17) is 0 Å². The van der Waals surface area contributed by atoms with Gasteiger partial charge in [-0.2, -0.15) is 11.8 Å². The quantitative estimate of drug-likeness (QED) is 0.0508. The highest BCUT2D eigenvalue weighted by Gasteiger charge is 2.47. The Morgan fingerprint density at radius 1 is 0.515 bits per heavy atom. The van der Waals surface area contributed by atoms with Crippen molar-refractivity contribution in [3.63, 3.8) is 0 Å². The summed E-state index contributed by atoms with van der Waals surface area (Å²) in [5, 5.41) is 54.3. The number of thioether (sulfide) groups is 1. The van der Waals surface area contributed by atoms with Gasteiger partial charge >= 0.3 is 0 Å². The molecule has 1 aliphatic heterocycles. The van der Waals surface area contributed by atoms with Crippen molar-refractivity contribution in [2.45, 2.75) is 254 Å². The van der Waals surface area contributed by atoms with E-state index >= 15 is 33.6 Å². The van der Waals surface area contributed by atoms with Crippen LogP contribution >= 0.6 is 11.8 Å². The Balaban J connectivity index is 4.60. The van der Waals surface area contributed by atoms with Crippen molar-refractivity contribution in [3.8, 4) is 0 Å². The number of amides is 11. The Labute approximate surface area is 584 Å². The highest BCUT2D eigenvalue weighted by molar-refractivity contribution is 7.99. The molecule has 1 saturated heterocycles. The fourth-order valence-corrected chi connectivity index (χ4v) is 13.1. The average Bonchev–Trinajstić information content (AvgIpc) is 0.809. The maximum absolute atomic E-state index is 15.4. The lowest BCUT2D eigenvalue weighted by Crippen LogP contribution is -2.64. The van der Waals surface area contributed by atoms with Crippen LogP contribution in [0.15, 0.2) is 12.2 Å². The minimum atomic E-state index is -1.69. The Morgan fingerprint density at radius 3 is 1.45 bits per heavy atom. The number of hydrogen-bond donors (Lipinski definition) is 8. The Bertz CT molecular complexity index is 2620. The maximum Gasteiger partial charge on any atom is 0.246 e. The number of likely N-dealkylation sites (N-methyl/N-ethyl adjacent to an activating group) is 7. The van der Waals surface area contributed by atoms with E-state index < -0.39 is 167 Å². The molecule has 0 aromatic heterocycles. The van der Waals surface area contributed by atoms with Crippen molar-refractivity contribution >= 4 is 76.7 Å². The number of nitrogens with zero attached hydrogens (tertiary/aromatic N) is 7. The smallest absolute Gasteiger partial charge is 0.246 e. The molecule has 1 aliphatic rings. The number of aliphatic hydroxyl groups is 4. The Hall–Kier alpha value is -5.90. The molecule has 11 amide bonds. The van der Waals surface area contributed by atoms with E-state index in [0.717, 1.165) is 14.7 Å².